The first-order chi connectivity index (χ1) is 13.6. The van der Waals surface area contributed by atoms with E-state index in [2.05, 4.69) is 35.9 Å². The molecule has 0 amide bonds. The Bertz CT molecular complexity index is 881. The zero-order valence-corrected chi connectivity index (χ0v) is 19.0. The van der Waals surface area contributed by atoms with Gasteiger partial charge in [0, 0.05) is 22.8 Å². The van der Waals surface area contributed by atoms with Crippen molar-refractivity contribution in [3.8, 4) is 0 Å². The Labute approximate surface area is 180 Å². The first-order valence-corrected chi connectivity index (χ1v) is 10.4. The lowest BCUT2D eigenvalue weighted by atomic mass is 9.77. The molecule has 0 saturated carbocycles. The van der Waals surface area contributed by atoms with Gasteiger partial charge in [-0.3, -0.25) is 4.79 Å². The molecule has 0 saturated heterocycles. The summed E-state index contributed by atoms with van der Waals surface area (Å²) in [5, 5.41) is 10.8. The van der Waals surface area contributed by atoms with E-state index in [1.807, 2.05) is 19.1 Å². The summed E-state index contributed by atoms with van der Waals surface area (Å²) in [6.07, 6.45) is 11.3. The molecule has 1 aliphatic heterocycles. The topological polar surface area (TPSA) is 72.8 Å². The molecule has 0 radical (unpaired) electrons. The van der Waals surface area contributed by atoms with E-state index < -0.39 is 17.4 Å². The van der Waals surface area contributed by atoms with Crippen molar-refractivity contribution >= 4 is 27.7 Å². The summed E-state index contributed by atoms with van der Waals surface area (Å²) in [5.41, 5.74) is 0.384. The molecule has 0 aromatic carbocycles. The van der Waals surface area contributed by atoms with Crippen LogP contribution in [0.5, 0.6) is 0 Å². The van der Waals surface area contributed by atoms with Crippen molar-refractivity contribution in [2.24, 2.45) is 5.92 Å². The Morgan fingerprint density at radius 3 is 2.72 bits per heavy atom. The summed E-state index contributed by atoms with van der Waals surface area (Å²) < 4.78 is 10.9. The van der Waals surface area contributed by atoms with Crippen molar-refractivity contribution < 1.29 is 24.2 Å². The average Bonchev–Trinajstić information content (AvgIpc) is 2.68. The van der Waals surface area contributed by atoms with Crippen molar-refractivity contribution in [3.05, 3.63) is 69.2 Å². The second-order valence-corrected chi connectivity index (χ2v) is 8.06. The molecule has 5 nitrogen and oxygen atoms in total. The maximum Gasteiger partial charge on any atom is 0.331 e. The summed E-state index contributed by atoms with van der Waals surface area (Å²) in [7, 11) is 0. The molecule has 2 aliphatic rings. The van der Waals surface area contributed by atoms with E-state index in [1.165, 1.54) is 13.2 Å². The number of halogens is 1. The Morgan fingerprint density at radius 2 is 2.10 bits per heavy atom. The fraction of sp³-hybridized carbons (Fsp3) is 0.391. The molecular formula is C23H27BrO5. The van der Waals surface area contributed by atoms with Crippen LogP contribution < -0.4 is 0 Å². The smallest absolute Gasteiger partial charge is 0.331 e. The third-order valence-electron chi connectivity index (χ3n) is 4.83. The maximum absolute atomic E-state index is 12.7. The lowest BCUT2D eigenvalue weighted by Crippen LogP contribution is -2.42. The normalized spacial score (nSPS) is 24.9. The summed E-state index contributed by atoms with van der Waals surface area (Å²) in [5.74, 6) is -0.135. The summed E-state index contributed by atoms with van der Waals surface area (Å²) in [6.45, 7) is 9.54. The lowest BCUT2D eigenvalue weighted by molar-refractivity contribution is -0.137. The number of aliphatic hydroxyl groups is 1. The molecule has 0 aromatic heterocycles. The van der Waals surface area contributed by atoms with Gasteiger partial charge in [0.25, 0.3) is 0 Å². The van der Waals surface area contributed by atoms with Gasteiger partial charge in [-0.2, -0.15) is 0 Å². The number of hydrogen-bond acceptors (Lipinski definition) is 5. The van der Waals surface area contributed by atoms with E-state index in [-0.39, 0.29) is 16.7 Å². The van der Waals surface area contributed by atoms with E-state index in [0.717, 1.165) is 18.1 Å². The molecular weight excluding hydrogens is 436 g/mol. The highest BCUT2D eigenvalue weighted by Crippen LogP contribution is 2.43. The Kier molecular flexibility index (Phi) is 7.60. The number of hydrogen-bond donors (Lipinski definition) is 1. The first kappa shape index (κ1) is 23.1. The quantitative estimate of drug-likeness (QED) is 0.348. The molecule has 6 heteroatoms. The number of carbonyl (C=O) groups excluding carboxylic acids is 2. The van der Waals surface area contributed by atoms with Gasteiger partial charge in [-0.05, 0) is 54.8 Å². The second-order valence-electron chi connectivity index (χ2n) is 7.26. The van der Waals surface area contributed by atoms with Gasteiger partial charge in [-0.25, -0.2) is 4.79 Å². The highest BCUT2D eigenvalue weighted by Gasteiger charge is 2.45. The van der Waals surface area contributed by atoms with Crippen molar-refractivity contribution in [3.63, 3.8) is 0 Å². The van der Waals surface area contributed by atoms with E-state index in [0.29, 0.717) is 22.8 Å². The molecule has 156 valence electrons. The maximum atomic E-state index is 12.7. The van der Waals surface area contributed by atoms with Crippen molar-refractivity contribution in [2.75, 3.05) is 6.61 Å². The van der Waals surface area contributed by atoms with Gasteiger partial charge in [-0.15, -0.1) is 0 Å². The summed E-state index contributed by atoms with van der Waals surface area (Å²) in [6, 6.07) is 0. The predicted octanol–water partition coefficient (Wildman–Crippen LogP) is 4.81. The number of Topliss-reactive ketones (excluding diaryl/α,β-unsaturated/α-hetero) is 1. The molecule has 0 aromatic rings. The molecule has 2 atom stereocenters. The van der Waals surface area contributed by atoms with E-state index >= 15 is 0 Å². The van der Waals surface area contributed by atoms with Crippen LogP contribution in [-0.2, 0) is 19.1 Å². The van der Waals surface area contributed by atoms with Crippen molar-refractivity contribution in [1.82, 2.24) is 0 Å². The lowest BCUT2D eigenvalue weighted by Gasteiger charge is -2.33. The van der Waals surface area contributed by atoms with Gasteiger partial charge >= 0.3 is 5.97 Å². The number of ketones is 1. The van der Waals surface area contributed by atoms with Crippen LogP contribution in [0.4, 0.5) is 0 Å². The predicted molar refractivity (Wildman–Crippen MR) is 116 cm³/mol. The van der Waals surface area contributed by atoms with Gasteiger partial charge in [0.1, 0.15) is 5.76 Å². The highest BCUT2D eigenvalue weighted by atomic mass is 79.9. The minimum absolute atomic E-state index is 0.145. The van der Waals surface area contributed by atoms with Gasteiger partial charge < -0.3 is 14.6 Å². The van der Waals surface area contributed by atoms with Crippen molar-refractivity contribution in [2.45, 2.75) is 46.6 Å². The van der Waals surface area contributed by atoms with Crippen LogP contribution in [0.2, 0.25) is 0 Å². The second kappa shape index (κ2) is 9.55. The SMILES string of the molecule is CCOC(=O)/C=C1\C2=COC(/C=C/C(C)=C/[C@@H](C)CC)=CC2=C(Br)C(=O)C1(C)O. The van der Waals surface area contributed by atoms with Crippen LogP contribution in [0.15, 0.2) is 69.2 Å². The third-order valence-corrected chi connectivity index (χ3v) is 5.62. The van der Waals surface area contributed by atoms with Crippen LogP contribution in [0, 0.1) is 5.92 Å². The molecule has 2 rings (SSSR count). The number of esters is 1. The molecule has 0 spiro atoms. The van der Waals surface area contributed by atoms with Crippen LogP contribution in [0.3, 0.4) is 0 Å². The van der Waals surface area contributed by atoms with Gasteiger partial charge in [-0.1, -0.05) is 38.0 Å². The van der Waals surface area contributed by atoms with E-state index in [9.17, 15) is 14.7 Å². The Balaban J connectivity index is 2.42. The fourth-order valence-corrected chi connectivity index (χ4v) is 3.71. The summed E-state index contributed by atoms with van der Waals surface area (Å²) in [4.78, 5) is 24.7. The largest absolute Gasteiger partial charge is 0.464 e. The van der Waals surface area contributed by atoms with E-state index in [4.69, 9.17) is 9.47 Å². The monoisotopic (exact) mass is 462 g/mol. The molecule has 1 unspecified atom stereocenters. The highest BCUT2D eigenvalue weighted by molar-refractivity contribution is 9.12. The molecule has 0 bridgehead atoms. The van der Waals surface area contributed by atoms with Gasteiger partial charge in [0.05, 0.1) is 17.4 Å². The molecule has 1 heterocycles. The molecule has 29 heavy (non-hydrogen) atoms. The number of ether oxygens (including phenoxy) is 2. The number of rotatable bonds is 6. The first-order valence-electron chi connectivity index (χ1n) is 9.63. The zero-order valence-electron chi connectivity index (χ0n) is 17.4. The number of allylic oxidation sites excluding steroid dienone is 6. The zero-order chi connectivity index (χ0) is 21.8. The van der Waals surface area contributed by atoms with Crippen LogP contribution in [0.1, 0.15) is 41.0 Å². The fourth-order valence-electron chi connectivity index (χ4n) is 3.00. The average molecular weight is 463 g/mol. The van der Waals surface area contributed by atoms with Gasteiger partial charge in [0.2, 0.25) is 5.78 Å². The van der Waals surface area contributed by atoms with Gasteiger partial charge in [0.15, 0.2) is 5.60 Å². The third kappa shape index (κ3) is 5.25. The number of carbonyl (C=O) groups is 2. The molecule has 1 aliphatic carbocycles. The Morgan fingerprint density at radius 1 is 1.41 bits per heavy atom. The standard InChI is InChI=1S/C23H27BrO5/c1-6-14(3)10-15(4)8-9-16-11-17-18(13-29-16)19(12-20(25)28-7-2)23(5,27)22(26)21(17)24/h8-14,27H,6-7H2,1-5H3/b9-8+,15-10+,19-12+/t14-,23?/m0/s1. The Hall–Kier alpha value is -2.18. The summed E-state index contributed by atoms with van der Waals surface area (Å²) >= 11 is 3.30. The molecule has 0 fully saturated rings. The number of fused-ring (bicyclic) bond motifs is 1. The van der Waals surface area contributed by atoms with Crippen LogP contribution >= 0.6 is 15.9 Å². The van der Waals surface area contributed by atoms with E-state index in [1.54, 1.807) is 13.0 Å². The van der Waals surface area contributed by atoms with Crippen LogP contribution in [-0.4, -0.2) is 29.1 Å². The minimum Gasteiger partial charge on any atom is -0.464 e. The van der Waals surface area contributed by atoms with Crippen molar-refractivity contribution in [1.29, 1.82) is 0 Å². The van der Waals surface area contributed by atoms with Crippen LogP contribution in [0.25, 0.3) is 0 Å². The minimum atomic E-state index is -1.87. The molecule has 1 N–H and O–H groups in total.